The van der Waals surface area contributed by atoms with E-state index in [9.17, 15) is 18.0 Å². The Labute approximate surface area is 128 Å². The lowest BCUT2D eigenvalue weighted by Gasteiger charge is -2.09. The van der Waals surface area contributed by atoms with Crippen molar-refractivity contribution in [1.82, 2.24) is 25.2 Å². The number of carbonyl (C=O) groups excluding carboxylic acids is 1. The molecule has 120 valence electrons. The van der Waals surface area contributed by atoms with Gasteiger partial charge in [-0.2, -0.15) is 13.2 Å². The van der Waals surface area contributed by atoms with Crippen LogP contribution in [0.3, 0.4) is 0 Å². The predicted molar refractivity (Wildman–Crippen MR) is 73.4 cm³/mol. The van der Waals surface area contributed by atoms with Gasteiger partial charge in [-0.25, -0.2) is 0 Å². The molecule has 0 aliphatic heterocycles. The van der Waals surface area contributed by atoms with E-state index in [2.05, 4.69) is 20.8 Å². The highest BCUT2D eigenvalue weighted by atomic mass is 35.5. The van der Waals surface area contributed by atoms with Crippen LogP contribution < -0.4 is 10.6 Å². The number of alkyl halides is 3. The van der Waals surface area contributed by atoms with Gasteiger partial charge in [0.2, 0.25) is 5.91 Å². The Hall–Kier alpha value is -1.87. The highest BCUT2D eigenvalue weighted by molar-refractivity contribution is 6.33. The van der Waals surface area contributed by atoms with Crippen LogP contribution in [0, 0.1) is 0 Å². The number of hydrogen-bond acceptors (Lipinski definition) is 4. The molecule has 0 atom stereocenters. The highest BCUT2D eigenvalue weighted by Crippen LogP contribution is 2.32. The number of amides is 1. The molecule has 2 aromatic heterocycles. The van der Waals surface area contributed by atoms with Gasteiger partial charge in [-0.3, -0.25) is 9.20 Å². The molecule has 0 unspecified atom stereocenters. The van der Waals surface area contributed by atoms with Crippen molar-refractivity contribution in [2.24, 2.45) is 0 Å². The summed E-state index contributed by atoms with van der Waals surface area (Å²) in [6.45, 7) is 0.456. The summed E-state index contributed by atoms with van der Waals surface area (Å²) in [6.07, 6.45) is -3.42. The van der Waals surface area contributed by atoms with Crippen molar-refractivity contribution in [3.63, 3.8) is 0 Å². The summed E-state index contributed by atoms with van der Waals surface area (Å²) in [7, 11) is 1.71. The SMILES string of the molecule is CNCCC(=O)NCc1nnc2c(Cl)cc(C(F)(F)F)cn12. The summed E-state index contributed by atoms with van der Waals surface area (Å²) in [4.78, 5) is 11.5. The first kappa shape index (κ1) is 16.5. The molecule has 2 N–H and O–H groups in total. The number of halogens is 4. The highest BCUT2D eigenvalue weighted by Gasteiger charge is 2.32. The third-order valence-electron chi connectivity index (χ3n) is 2.90. The van der Waals surface area contributed by atoms with Crippen LogP contribution in [-0.2, 0) is 17.5 Å². The zero-order chi connectivity index (χ0) is 16.3. The van der Waals surface area contributed by atoms with Gasteiger partial charge in [0, 0.05) is 19.2 Å². The summed E-state index contributed by atoms with van der Waals surface area (Å²) in [6, 6.07) is 0.793. The molecule has 0 fully saturated rings. The molecule has 0 aromatic carbocycles. The topological polar surface area (TPSA) is 71.3 Å². The number of rotatable bonds is 5. The second kappa shape index (κ2) is 6.49. The number of aromatic nitrogens is 3. The number of hydrogen-bond donors (Lipinski definition) is 2. The van der Waals surface area contributed by atoms with Crippen molar-refractivity contribution in [1.29, 1.82) is 0 Å². The minimum Gasteiger partial charge on any atom is -0.349 e. The van der Waals surface area contributed by atoms with Crippen molar-refractivity contribution in [2.45, 2.75) is 19.1 Å². The molecule has 0 aliphatic carbocycles. The molecule has 2 heterocycles. The first-order valence-electron chi connectivity index (χ1n) is 6.34. The van der Waals surface area contributed by atoms with E-state index in [0.29, 0.717) is 6.54 Å². The zero-order valence-electron chi connectivity index (χ0n) is 11.5. The van der Waals surface area contributed by atoms with Crippen LogP contribution >= 0.6 is 11.6 Å². The van der Waals surface area contributed by atoms with Crippen molar-refractivity contribution >= 4 is 23.2 Å². The lowest BCUT2D eigenvalue weighted by atomic mass is 10.2. The molecular formula is C12H13ClF3N5O. The van der Waals surface area contributed by atoms with E-state index < -0.39 is 11.7 Å². The van der Waals surface area contributed by atoms with Gasteiger partial charge < -0.3 is 10.6 Å². The van der Waals surface area contributed by atoms with E-state index >= 15 is 0 Å². The van der Waals surface area contributed by atoms with Crippen LogP contribution in [-0.4, -0.2) is 34.1 Å². The fourth-order valence-corrected chi connectivity index (χ4v) is 2.03. The van der Waals surface area contributed by atoms with Gasteiger partial charge in [0.05, 0.1) is 17.1 Å². The minimum absolute atomic E-state index is 0.0403. The standard InChI is InChI=1S/C12H13ClF3N5O/c1-17-3-2-10(22)18-5-9-19-20-11-8(13)4-7(6-21(9)11)12(14,15)16/h4,6,17H,2-3,5H2,1H3,(H,18,22). The van der Waals surface area contributed by atoms with E-state index in [1.165, 1.54) is 0 Å². The fraction of sp³-hybridized carbons (Fsp3) is 0.417. The van der Waals surface area contributed by atoms with Crippen LogP contribution in [0.25, 0.3) is 5.65 Å². The maximum Gasteiger partial charge on any atom is 0.417 e. The number of fused-ring (bicyclic) bond motifs is 1. The molecule has 0 bridgehead atoms. The smallest absolute Gasteiger partial charge is 0.349 e. The summed E-state index contributed by atoms with van der Waals surface area (Å²) >= 11 is 5.79. The van der Waals surface area contributed by atoms with Gasteiger partial charge >= 0.3 is 6.18 Å². The van der Waals surface area contributed by atoms with Gasteiger partial charge in [0.25, 0.3) is 0 Å². The lowest BCUT2D eigenvalue weighted by Crippen LogP contribution is -2.27. The first-order chi connectivity index (χ1) is 10.3. The average molecular weight is 336 g/mol. The van der Waals surface area contributed by atoms with E-state index in [0.717, 1.165) is 16.7 Å². The Morgan fingerprint density at radius 3 is 2.77 bits per heavy atom. The van der Waals surface area contributed by atoms with Crippen LogP contribution in [0.2, 0.25) is 5.02 Å². The third kappa shape index (κ3) is 3.66. The molecular weight excluding hydrogens is 323 g/mol. The maximum absolute atomic E-state index is 12.8. The minimum atomic E-state index is -4.53. The van der Waals surface area contributed by atoms with Crippen LogP contribution in [0.1, 0.15) is 17.8 Å². The van der Waals surface area contributed by atoms with E-state index in [4.69, 9.17) is 11.6 Å². The normalized spacial score (nSPS) is 11.9. The van der Waals surface area contributed by atoms with Crippen molar-refractivity contribution in [3.05, 3.63) is 28.7 Å². The Balaban J connectivity index is 2.24. The molecule has 6 nitrogen and oxygen atoms in total. The summed E-state index contributed by atoms with van der Waals surface area (Å²) in [5.74, 6) is -0.0787. The zero-order valence-corrected chi connectivity index (χ0v) is 12.3. The predicted octanol–water partition coefficient (Wildman–Crippen LogP) is 1.63. The molecule has 0 radical (unpaired) electrons. The van der Waals surface area contributed by atoms with E-state index in [-0.39, 0.29) is 35.4 Å². The Kier molecular flexibility index (Phi) is 4.87. The number of nitrogens with zero attached hydrogens (tertiary/aromatic N) is 3. The average Bonchev–Trinajstić information content (AvgIpc) is 2.85. The second-order valence-electron chi connectivity index (χ2n) is 4.51. The summed E-state index contributed by atoms with van der Waals surface area (Å²) < 4.78 is 39.5. The molecule has 2 aromatic rings. The summed E-state index contributed by atoms with van der Waals surface area (Å²) in [5, 5.41) is 12.7. The molecule has 10 heteroatoms. The van der Waals surface area contributed by atoms with Crippen LogP contribution in [0.5, 0.6) is 0 Å². The number of carbonyl (C=O) groups is 1. The molecule has 2 rings (SSSR count). The Morgan fingerprint density at radius 1 is 1.41 bits per heavy atom. The fourth-order valence-electron chi connectivity index (χ4n) is 1.78. The van der Waals surface area contributed by atoms with Gasteiger partial charge in [-0.15, -0.1) is 10.2 Å². The van der Waals surface area contributed by atoms with Gasteiger partial charge in [-0.1, -0.05) is 11.6 Å². The van der Waals surface area contributed by atoms with Crippen LogP contribution in [0.15, 0.2) is 12.3 Å². The Morgan fingerprint density at radius 2 is 2.14 bits per heavy atom. The van der Waals surface area contributed by atoms with Gasteiger partial charge in [0.15, 0.2) is 11.5 Å². The maximum atomic E-state index is 12.8. The van der Waals surface area contributed by atoms with Crippen molar-refractivity contribution in [3.8, 4) is 0 Å². The molecule has 0 saturated carbocycles. The van der Waals surface area contributed by atoms with Gasteiger partial charge in [0.1, 0.15) is 0 Å². The molecule has 22 heavy (non-hydrogen) atoms. The molecule has 1 amide bonds. The van der Waals surface area contributed by atoms with Gasteiger partial charge in [-0.05, 0) is 13.1 Å². The third-order valence-corrected chi connectivity index (χ3v) is 3.18. The molecule has 0 saturated heterocycles. The lowest BCUT2D eigenvalue weighted by molar-refractivity contribution is -0.137. The molecule has 0 aliphatic rings. The number of nitrogens with one attached hydrogen (secondary N) is 2. The van der Waals surface area contributed by atoms with E-state index in [1.54, 1.807) is 7.05 Å². The largest absolute Gasteiger partial charge is 0.417 e. The van der Waals surface area contributed by atoms with Crippen molar-refractivity contribution < 1.29 is 18.0 Å². The van der Waals surface area contributed by atoms with E-state index in [1.807, 2.05) is 0 Å². The second-order valence-corrected chi connectivity index (χ2v) is 4.92. The first-order valence-corrected chi connectivity index (χ1v) is 6.72. The summed E-state index contributed by atoms with van der Waals surface area (Å²) in [5.41, 5.74) is -0.804. The Bertz CT molecular complexity index is 685. The van der Waals surface area contributed by atoms with Crippen LogP contribution in [0.4, 0.5) is 13.2 Å². The monoisotopic (exact) mass is 335 g/mol. The number of pyridine rings is 1. The molecule has 0 spiro atoms. The quantitative estimate of drug-likeness (QED) is 0.871. The van der Waals surface area contributed by atoms with Crippen molar-refractivity contribution in [2.75, 3.05) is 13.6 Å².